The van der Waals surface area contributed by atoms with Crippen molar-refractivity contribution >= 4 is 16.9 Å². The predicted octanol–water partition coefficient (Wildman–Crippen LogP) is 4.79. The SMILES string of the molecule is Cc1nn(C)c2nc(-c3ccco3)cc(C(=O)N(C)C(c3ccccc3)c3ccccn3)c12. The van der Waals surface area contributed by atoms with Gasteiger partial charge in [-0.25, -0.2) is 4.98 Å². The third-order valence-corrected chi connectivity index (χ3v) is 5.76. The predicted molar refractivity (Wildman–Crippen MR) is 126 cm³/mol. The number of pyridine rings is 2. The van der Waals surface area contributed by atoms with Crippen LogP contribution >= 0.6 is 0 Å². The number of hydrogen-bond donors (Lipinski definition) is 0. The second-order valence-corrected chi connectivity index (χ2v) is 7.92. The number of benzene rings is 1. The molecule has 1 unspecified atom stereocenters. The van der Waals surface area contributed by atoms with Crippen molar-refractivity contribution in [3.8, 4) is 11.5 Å². The van der Waals surface area contributed by atoms with Crippen LogP contribution in [-0.2, 0) is 7.05 Å². The molecule has 0 spiro atoms. The summed E-state index contributed by atoms with van der Waals surface area (Å²) in [5.41, 5.74) is 4.26. The number of rotatable bonds is 5. The molecule has 33 heavy (non-hydrogen) atoms. The summed E-state index contributed by atoms with van der Waals surface area (Å²) in [6, 6.07) is 20.7. The Morgan fingerprint density at radius 3 is 2.55 bits per heavy atom. The van der Waals surface area contributed by atoms with E-state index >= 15 is 0 Å². The number of carbonyl (C=O) groups excluding carboxylic acids is 1. The lowest BCUT2D eigenvalue weighted by atomic mass is 10.00. The smallest absolute Gasteiger partial charge is 0.255 e. The summed E-state index contributed by atoms with van der Waals surface area (Å²) in [5, 5.41) is 5.25. The fourth-order valence-corrected chi connectivity index (χ4v) is 4.24. The zero-order valence-corrected chi connectivity index (χ0v) is 18.6. The Morgan fingerprint density at radius 2 is 1.85 bits per heavy atom. The molecule has 0 saturated heterocycles. The highest BCUT2D eigenvalue weighted by Gasteiger charge is 2.28. The lowest BCUT2D eigenvalue weighted by Gasteiger charge is -2.28. The summed E-state index contributed by atoms with van der Waals surface area (Å²) in [4.78, 5) is 25.0. The molecule has 0 fully saturated rings. The van der Waals surface area contributed by atoms with Gasteiger partial charge in [-0.3, -0.25) is 14.5 Å². The maximum absolute atomic E-state index is 14.0. The molecule has 0 aliphatic heterocycles. The third-order valence-electron chi connectivity index (χ3n) is 5.76. The van der Waals surface area contributed by atoms with Gasteiger partial charge >= 0.3 is 0 Å². The van der Waals surface area contributed by atoms with Crippen molar-refractivity contribution in [2.45, 2.75) is 13.0 Å². The molecule has 0 radical (unpaired) electrons. The number of aromatic nitrogens is 4. The van der Waals surface area contributed by atoms with E-state index in [-0.39, 0.29) is 11.9 Å². The van der Waals surface area contributed by atoms with Crippen molar-refractivity contribution in [3.63, 3.8) is 0 Å². The molecule has 7 heteroatoms. The average Bonchev–Trinajstić information content (AvgIpc) is 3.48. The molecule has 0 aliphatic carbocycles. The second kappa shape index (κ2) is 8.35. The van der Waals surface area contributed by atoms with E-state index in [0.717, 1.165) is 22.3 Å². The topological polar surface area (TPSA) is 77.0 Å². The normalized spacial score (nSPS) is 12.1. The molecule has 164 valence electrons. The first-order valence-corrected chi connectivity index (χ1v) is 10.7. The molecule has 5 rings (SSSR count). The van der Waals surface area contributed by atoms with E-state index in [1.54, 1.807) is 41.2 Å². The highest BCUT2D eigenvalue weighted by Crippen LogP contribution is 2.32. The minimum absolute atomic E-state index is 0.147. The third kappa shape index (κ3) is 3.67. The first kappa shape index (κ1) is 20.6. The van der Waals surface area contributed by atoms with Gasteiger partial charge in [-0.1, -0.05) is 36.4 Å². The summed E-state index contributed by atoms with van der Waals surface area (Å²) < 4.78 is 7.27. The fourth-order valence-electron chi connectivity index (χ4n) is 4.24. The van der Waals surface area contributed by atoms with Gasteiger partial charge in [0.2, 0.25) is 0 Å². The Bertz CT molecular complexity index is 1370. The van der Waals surface area contributed by atoms with Gasteiger partial charge in [0.05, 0.1) is 34.6 Å². The van der Waals surface area contributed by atoms with Crippen molar-refractivity contribution in [3.05, 3.63) is 102 Å². The zero-order valence-electron chi connectivity index (χ0n) is 18.6. The monoisotopic (exact) mass is 437 g/mol. The van der Waals surface area contributed by atoms with Crippen LogP contribution in [0.2, 0.25) is 0 Å². The Morgan fingerprint density at radius 1 is 1.06 bits per heavy atom. The van der Waals surface area contributed by atoms with Crippen LogP contribution < -0.4 is 0 Å². The van der Waals surface area contributed by atoms with Gasteiger partial charge in [-0.05, 0) is 42.8 Å². The Labute approximate surface area is 191 Å². The maximum Gasteiger partial charge on any atom is 0.255 e. The van der Waals surface area contributed by atoms with Crippen LogP contribution in [0, 0.1) is 6.92 Å². The molecule has 0 N–H and O–H groups in total. The number of amides is 1. The maximum atomic E-state index is 14.0. The molecule has 0 bridgehead atoms. The van der Waals surface area contributed by atoms with Crippen LogP contribution in [0.25, 0.3) is 22.5 Å². The van der Waals surface area contributed by atoms with Crippen molar-refractivity contribution in [1.82, 2.24) is 24.6 Å². The molecule has 1 aromatic carbocycles. The van der Waals surface area contributed by atoms with E-state index in [0.29, 0.717) is 22.7 Å². The quantitative estimate of drug-likeness (QED) is 0.395. The van der Waals surface area contributed by atoms with Crippen LogP contribution in [0.3, 0.4) is 0 Å². The van der Waals surface area contributed by atoms with Gasteiger partial charge in [0, 0.05) is 20.3 Å². The lowest BCUT2D eigenvalue weighted by molar-refractivity contribution is 0.0754. The number of fused-ring (bicyclic) bond motifs is 1. The van der Waals surface area contributed by atoms with Crippen LogP contribution in [0.4, 0.5) is 0 Å². The summed E-state index contributed by atoms with van der Waals surface area (Å²) in [5.74, 6) is 0.447. The standard InChI is InChI=1S/C26H23N5O2/c1-17-23-19(16-21(22-13-9-15-33-22)28-25(23)31(3)29-17)26(32)30(2)24(18-10-5-4-6-11-18)20-12-7-8-14-27-20/h4-16,24H,1-3H3. The summed E-state index contributed by atoms with van der Waals surface area (Å²) >= 11 is 0. The van der Waals surface area contributed by atoms with Gasteiger partial charge in [-0.15, -0.1) is 0 Å². The first-order valence-electron chi connectivity index (χ1n) is 10.7. The van der Waals surface area contributed by atoms with Gasteiger partial charge in [-0.2, -0.15) is 5.10 Å². The van der Waals surface area contributed by atoms with E-state index in [2.05, 4.69) is 10.1 Å². The largest absolute Gasteiger partial charge is 0.463 e. The zero-order chi connectivity index (χ0) is 22.9. The molecule has 7 nitrogen and oxygen atoms in total. The van der Waals surface area contributed by atoms with Crippen molar-refractivity contribution in [2.75, 3.05) is 7.05 Å². The van der Waals surface area contributed by atoms with E-state index in [1.807, 2.05) is 68.6 Å². The van der Waals surface area contributed by atoms with Gasteiger partial charge in [0.1, 0.15) is 5.69 Å². The molecule has 4 aromatic heterocycles. The number of furan rings is 1. The minimum Gasteiger partial charge on any atom is -0.463 e. The van der Waals surface area contributed by atoms with Crippen LogP contribution in [0.5, 0.6) is 0 Å². The first-order chi connectivity index (χ1) is 16.0. The highest BCUT2D eigenvalue weighted by atomic mass is 16.3. The Kier molecular flexibility index (Phi) is 5.22. The van der Waals surface area contributed by atoms with Crippen LogP contribution in [0.15, 0.2) is 83.6 Å². The van der Waals surface area contributed by atoms with E-state index in [4.69, 9.17) is 9.40 Å². The molecule has 1 atom stereocenters. The van der Waals surface area contributed by atoms with Crippen LogP contribution in [-0.4, -0.2) is 37.6 Å². The average molecular weight is 438 g/mol. The summed E-state index contributed by atoms with van der Waals surface area (Å²) in [7, 11) is 3.63. The van der Waals surface area contributed by atoms with E-state index in [9.17, 15) is 4.79 Å². The molecule has 0 saturated carbocycles. The fraction of sp³-hybridized carbons (Fsp3) is 0.154. The number of hydrogen-bond acceptors (Lipinski definition) is 5. The van der Waals surface area contributed by atoms with Gasteiger partial charge in [0.15, 0.2) is 11.4 Å². The minimum atomic E-state index is -0.354. The van der Waals surface area contributed by atoms with E-state index in [1.165, 1.54) is 0 Å². The molecule has 0 aliphatic rings. The van der Waals surface area contributed by atoms with E-state index < -0.39 is 0 Å². The Balaban J connectivity index is 1.67. The summed E-state index contributed by atoms with van der Waals surface area (Å²) in [6.45, 7) is 1.89. The molecule has 5 aromatic rings. The van der Waals surface area contributed by atoms with Gasteiger partial charge in [0.25, 0.3) is 5.91 Å². The highest BCUT2D eigenvalue weighted by molar-refractivity contribution is 6.07. The molecule has 4 heterocycles. The van der Waals surface area contributed by atoms with Gasteiger partial charge < -0.3 is 9.32 Å². The van der Waals surface area contributed by atoms with Crippen molar-refractivity contribution in [1.29, 1.82) is 0 Å². The Hall–Kier alpha value is -4.26. The number of carbonyl (C=O) groups is 1. The lowest BCUT2D eigenvalue weighted by Crippen LogP contribution is -2.32. The van der Waals surface area contributed by atoms with Crippen molar-refractivity contribution in [2.24, 2.45) is 7.05 Å². The molecule has 1 amide bonds. The van der Waals surface area contributed by atoms with Crippen molar-refractivity contribution < 1.29 is 9.21 Å². The number of nitrogens with zero attached hydrogens (tertiary/aromatic N) is 5. The molecular weight excluding hydrogens is 414 g/mol. The second-order valence-electron chi connectivity index (χ2n) is 7.92. The molecular formula is C26H23N5O2. The van der Waals surface area contributed by atoms with Crippen LogP contribution in [0.1, 0.15) is 33.4 Å². The summed E-state index contributed by atoms with van der Waals surface area (Å²) in [6.07, 6.45) is 3.34. The number of aryl methyl sites for hydroxylation is 2.